The minimum Gasteiger partial charge on any atom is -0.367 e. The highest BCUT2D eigenvalue weighted by Gasteiger charge is 2.27. The van der Waals surface area contributed by atoms with Crippen LogP contribution >= 0.6 is 0 Å². The number of carbonyl (C=O) groups excluding carboxylic acids is 1. The van der Waals surface area contributed by atoms with Crippen molar-refractivity contribution >= 4 is 5.91 Å². The lowest BCUT2D eigenvalue weighted by Gasteiger charge is -2.32. The largest absolute Gasteiger partial charge is 0.367 e. The Morgan fingerprint density at radius 3 is 2.73 bits per heavy atom. The molecule has 0 bridgehead atoms. The van der Waals surface area contributed by atoms with E-state index in [1.165, 1.54) is 24.0 Å². The van der Waals surface area contributed by atoms with Crippen molar-refractivity contribution in [2.24, 2.45) is 0 Å². The fourth-order valence-corrected chi connectivity index (χ4v) is 3.95. The van der Waals surface area contributed by atoms with E-state index in [9.17, 15) is 4.79 Å². The van der Waals surface area contributed by atoms with Gasteiger partial charge in [-0.15, -0.1) is 0 Å². The topological polar surface area (TPSA) is 55.3 Å². The van der Waals surface area contributed by atoms with Crippen molar-refractivity contribution in [1.82, 2.24) is 14.9 Å². The summed E-state index contributed by atoms with van der Waals surface area (Å²) >= 11 is 0. The zero-order valence-corrected chi connectivity index (χ0v) is 15.5. The van der Waals surface area contributed by atoms with Crippen LogP contribution in [0.5, 0.6) is 0 Å². The van der Waals surface area contributed by atoms with Crippen LogP contribution in [0.4, 0.5) is 0 Å². The molecule has 5 nitrogen and oxygen atoms in total. The van der Waals surface area contributed by atoms with Crippen molar-refractivity contribution < 1.29 is 9.53 Å². The normalized spacial score (nSPS) is 19.5. The molecular weight excluding hydrogens is 326 g/mol. The van der Waals surface area contributed by atoms with Crippen molar-refractivity contribution in [3.05, 3.63) is 58.2 Å². The predicted octanol–water partition coefficient (Wildman–Crippen LogP) is 2.72. The number of hydrogen-bond acceptors (Lipinski definition) is 4. The van der Waals surface area contributed by atoms with E-state index >= 15 is 0 Å². The molecule has 1 amide bonds. The molecule has 1 aromatic heterocycles. The molecule has 1 aliphatic heterocycles. The van der Waals surface area contributed by atoms with E-state index in [0.29, 0.717) is 31.9 Å². The highest BCUT2D eigenvalue weighted by molar-refractivity contribution is 5.79. The number of fused-ring (bicyclic) bond motifs is 1. The number of rotatable bonds is 3. The lowest BCUT2D eigenvalue weighted by molar-refractivity contribution is -0.138. The molecule has 0 spiro atoms. The van der Waals surface area contributed by atoms with Crippen LogP contribution < -0.4 is 0 Å². The van der Waals surface area contributed by atoms with Crippen molar-refractivity contribution in [1.29, 1.82) is 0 Å². The van der Waals surface area contributed by atoms with Crippen LogP contribution in [0.25, 0.3) is 0 Å². The lowest BCUT2D eigenvalue weighted by Crippen LogP contribution is -2.43. The van der Waals surface area contributed by atoms with Crippen LogP contribution in [-0.2, 0) is 28.8 Å². The highest BCUT2D eigenvalue weighted by Crippen LogP contribution is 2.24. The second-order valence-electron chi connectivity index (χ2n) is 7.34. The monoisotopic (exact) mass is 351 g/mol. The van der Waals surface area contributed by atoms with Crippen LogP contribution in [0, 0.1) is 13.8 Å². The number of ether oxygens (including phenoxy) is 1. The highest BCUT2D eigenvalue weighted by atomic mass is 16.5. The Morgan fingerprint density at radius 1 is 1.15 bits per heavy atom. The van der Waals surface area contributed by atoms with Gasteiger partial charge >= 0.3 is 0 Å². The van der Waals surface area contributed by atoms with Gasteiger partial charge in [-0.2, -0.15) is 0 Å². The number of aryl methyl sites for hydroxylation is 4. The molecule has 0 N–H and O–H groups in total. The molecule has 1 fully saturated rings. The van der Waals surface area contributed by atoms with Gasteiger partial charge < -0.3 is 9.64 Å². The third-order valence-electron chi connectivity index (χ3n) is 5.22. The smallest absolute Gasteiger partial charge is 0.227 e. The quantitative estimate of drug-likeness (QED) is 0.853. The van der Waals surface area contributed by atoms with Crippen molar-refractivity contribution in [3.8, 4) is 0 Å². The molecule has 26 heavy (non-hydrogen) atoms. The molecule has 1 atom stereocenters. The molecule has 0 saturated carbocycles. The van der Waals surface area contributed by atoms with Crippen LogP contribution in [0.15, 0.2) is 24.3 Å². The SMILES string of the molecule is Cc1cc(C)nc([C@@H]2CN(C(=O)Cc3ccc4c(c3)CCC4)CCO2)n1. The maximum absolute atomic E-state index is 12.8. The van der Waals surface area contributed by atoms with E-state index in [-0.39, 0.29) is 12.0 Å². The van der Waals surface area contributed by atoms with E-state index in [4.69, 9.17) is 4.74 Å². The Labute approximate surface area is 154 Å². The van der Waals surface area contributed by atoms with Crippen molar-refractivity contribution in [3.63, 3.8) is 0 Å². The number of amides is 1. The molecule has 2 heterocycles. The van der Waals surface area contributed by atoms with Crippen molar-refractivity contribution in [2.45, 2.75) is 45.6 Å². The van der Waals surface area contributed by atoms with Gasteiger partial charge in [0.2, 0.25) is 5.91 Å². The maximum atomic E-state index is 12.8. The summed E-state index contributed by atoms with van der Waals surface area (Å²) in [5.41, 5.74) is 5.83. The summed E-state index contributed by atoms with van der Waals surface area (Å²) in [4.78, 5) is 23.7. The van der Waals surface area contributed by atoms with Gasteiger partial charge in [-0.25, -0.2) is 9.97 Å². The summed E-state index contributed by atoms with van der Waals surface area (Å²) in [7, 11) is 0. The number of hydrogen-bond donors (Lipinski definition) is 0. The first kappa shape index (κ1) is 17.2. The summed E-state index contributed by atoms with van der Waals surface area (Å²) in [5, 5.41) is 0. The Hall–Kier alpha value is -2.27. The van der Waals surface area contributed by atoms with E-state index < -0.39 is 0 Å². The molecular formula is C21H25N3O2. The minimum absolute atomic E-state index is 0.153. The number of nitrogens with zero attached hydrogens (tertiary/aromatic N) is 3. The average molecular weight is 351 g/mol. The number of benzene rings is 1. The maximum Gasteiger partial charge on any atom is 0.227 e. The molecule has 1 aromatic carbocycles. The standard InChI is InChI=1S/C21H25N3O2/c1-14-10-15(2)23-21(22-14)19-13-24(8-9-26-19)20(25)12-16-6-7-17-4-3-5-18(17)11-16/h6-7,10-11,19H,3-5,8-9,12-13H2,1-2H3/t19-/m0/s1. The van der Waals surface area contributed by atoms with Gasteiger partial charge in [-0.3, -0.25) is 4.79 Å². The molecule has 136 valence electrons. The van der Waals surface area contributed by atoms with Gasteiger partial charge in [-0.05, 0) is 55.9 Å². The number of morpholine rings is 1. The second kappa shape index (κ2) is 7.16. The summed E-state index contributed by atoms with van der Waals surface area (Å²) in [6, 6.07) is 8.46. The fourth-order valence-electron chi connectivity index (χ4n) is 3.95. The first-order valence-corrected chi connectivity index (χ1v) is 9.41. The molecule has 0 radical (unpaired) electrons. The Kier molecular flexibility index (Phi) is 4.72. The van der Waals surface area contributed by atoms with E-state index in [0.717, 1.165) is 23.4 Å². The molecule has 2 aliphatic rings. The number of aromatic nitrogens is 2. The van der Waals surface area contributed by atoms with Crippen LogP contribution in [0.3, 0.4) is 0 Å². The van der Waals surface area contributed by atoms with Gasteiger partial charge in [0.1, 0.15) is 6.10 Å². The Morgan fingerprint density at radius 2 is 1.92 bits per heavy atom. The first-order valence-electron chi connectivity index (χ1n) is 9.41. The van der Waals surface area contributed by atoms with E-state index in [1.54, 1.807) is 0 Å². The van der Waals surface area contributed by atoms with Gasteiger partial charge in [-0.1, -0.05) is 18.2 Å². The molecule has 5 heteroatoms. The zero-order chi connectivity index (χ0) is 18.1. The molecule has 4 rings (SSSR count). The Balaban J connectivity index is 1.44. The van der Waals surface area contributed by atoms with Crippen LogP contribution in [-0.4, -0.2) is 40.5 Å². The summed E-state index contributed by atoms with van der Waals surface area (Å²) in [6.45, 7) is 5.59. The minimum atomic E-state index is -0.244. The summed E-state index contributed by atoms with van der Waals surface area (Å²) in [6.07, 6.45) is 3.75. The van der Waals surface area contributed by atoms with E-state index in [2.05, 4.69) is 28.2 Å². The first-order chi connectivity index (χ1) is 12.6. The third-order valence-corrected chi connectivity index (χ3v) is 5.22. The van der Waals surface area contributed by atoms with Crippen LogP contribution in [0.2, 0.25) is 0 Å². The lowest BCUT2D eigenvalue weighted by atomic mass is 10.0. The molecule has 2 aromatic rings. The second-order valence-corrected chi connectivity index (χ2v) is 7.34. The molecule has 1 saturated heterocycles. The van der Waals surface area contributed by atoms with Crippen molar-refractivity contribution in [2.75, 3.05) is 19.7 Å². The average Bonchev–Trinajstić information content (AvgIpc) is 3.09. The predicted molar refractivity (Wildman–Crippen MR) is 99.0 cm³/mol. The van der Waals surface area contributed by atoms with Crippen LogP contribution in [0.1, 0.15) is 46.4 Å². The summed E-state index contributed by atoms with van der Waals surface area (Å²) < 4.78 is 5.85. The molecule has 1 aliphatic carbocycles. The number of carbonyl (C=O) groups is 1. The molecule has 0 unspecified atom stereocenters. The zero-order valence-electron chi connectivity index (χ0n) is 15.5. The van der Waals surface area contributed by atoms with Gasteiger partial charge in [0.15, 0.2) is 5.82 Å². The Bertz CT molecular complexity index is 814. The third kappa shape index (κ3) is 3.63. The van der Waals surface area contributed by atoms with Gasteiger partial charge in [0.25, 0.3) is 0 Å². The van der Waals surface area contributed by atoms with Gasteiger partial charge in [0.05, 0.1) is 19.6 Å². The fraction of sp³-hybridized carbons (Fsp3) is 0.476. The van der Waals surface area contributed by atoms with Gasteiger partial charge in [0, 0.05) is 17.9 Å². The van der Waals surface area contributed by atoms with E-state index in [1.807, 2.05) is 24.8 Å². The summed E-state index contributed by atoms with van der Waals surface area (Å²) in [5.74, 6) is 0.832.